The number of carbonyl (C=O) groups excluding carboxylic acids is 1. The molecule has 24 heavy (non-hydrogen) atoms. The number of ether oxygens (including phenoxy) is 1. The van der Waals surface area contributed by atoms with Crippen LogP contribution in [-0.2, 0) is 4.79 Å². The predicted molar refractivity (Wildman–Crippen MR) is 98.4 cm³/mol. The summed E-state index contributed by atoms with van der Waals surface area (Å²) in [4.78, 5) is 15.8. The Hall–Kier alpha value is -2.21. The lowest BCUT2D eigenvalue weighted by molar-refractivity contribution is -0.123. The van der Waals surface area contributed by atoms with Crippen LogP contribution in [0, 0.1) is 6.92 Å². The molecular formula is C18H20BrN3O2. The van der Waals surface area contributed by atoms with E-state index in [9.17, 15) is 4.79 Å². The van der Waals surface area contributed by atoms with E-state index in [0.29, 0.717) is 5.92 Å². The third kappa shape index (κ3) is 5.16. The molecule has 0 unspecified atom stereocenters. The largest absolute Gasteiger partial charge is 0.483 e. The Morgan fingerprint density at radius 3 is 2.75 bits per heavy atom. The van der Waals surface area contributed by atoms with E-state index in [0.717, 1.165) is 26.9 Å². The Bertz CT molecular complexity index is 731. The molecule has 5 nitrogen and oxygen atoms in total. The zero-order valence-corrected chi connectivity index (χ0v) is 15.5. The molecule has 1 heterocycles. The van der Waals surface area contributed by atoms with Crippen LogP contribution in [0.1, 0.15) is 36.5 Å². The standard InChI is InChI=1S/C18H20BrN3O2/c1-12(2)15-9-16(19)13(3)8-17(15)24-11-18(23)22-21-10-14-4-6-20-7-5-14/h4-10,12H,11H2,1-3H3,(H,22,23)/b21-10+. The van der Waals surface area contributed by atoms with Gasteiger partial charge in [0.1, 0.15) is 5.75 Å². The lowest BCUT2D eigenvalue weighted by Crippen LogP contribution is -2.25. The van der Waals surface area contributed by atoms with Crippen molar-refractivity contribution in [3.63, 3.8) is 0 Å². The molecule has 0 bridgehead atoms. The lowest BCUT2D eigenvalue weighted by atomic mass is 10.0. The van der Waals surface area contributed by atoms with Crippen molar-refractivity contribution in [1.29, 1.82) is 0 Å². The molecule has 0 aliphatic carbocycles. The topological polar surface area (TPSA) is 63.6 Å². The maximum Gasteiger partial charge on any atom is 0.277 e. The Kier molecular flexibility index (Phi) is 6.49. The van der Waals surface area contributed by atoms with E-state index in [2.05, 4.69) is 45.3 Å². The van der Waals surface area contributed by atoms with Gasteiger partial charge in [0.25, 0.3) is 5.91 Å². The summed E-state index contributed by atoms with van der Waals surface area (Å²) in [6.07, 6.45) is 4.88. The summed E-state index contributed by atoms with van der Waals surface area (Å²) in [6, 6.07) is 7.57. The molecule has 1 N–H and O–H groups in total. The fourth-order valence-corrected chi connectivity index (χ4v) is 2.41. The number of aryl methyl sites for hydroxylation is 1. The monoisotopic (exact) mass is 389 g/mol. The molecule has 0 aliphatic heterocycles. The van der Waals surface area contributed by atoms with E-state index in [1.807, 2.05) is 19.1 Å². The smallest absolute Gasteiger partial charge is 0.277 e. The van der Waals surface area contributed by atoms with Crippen molar-refractivity contribution in [3.8, 4) is 5.75 Å². The zero-order chi connectivity index (χ0) is 17.5. The number of rotatable bonds is 6. The Balaban J connectivity index is 1.94. The van der Waals surface area contributed by atoms with Crippen LogP contribution in [0.15, 0.2) is 46.2 Å². The Labute approximate surface area is 150 Å². The van der Waals surface area contributed by atoms with Crippen molar-refractivity contribution < 1.29 is 9.53 Å². The molecule has 1 amide bonds. The second kappa shape index (κ2) is 8.59. The number of nitrogens with one attached hydrogen (secondary N) is 1. The van der Waals surface area contributed by atoms with E-state index in [-0.39, 0.29) is 12.5 Å². The summed E-state index contributed by atoms with van der Waals surface area (Å²) >= 11 is 3.53. The summed E-state index contributed by atoms with van der Waals surface area (Å²) in [5.74, 6) is 0.708. The minimum Gasteiger partial charge on any atom is -0.483 e. The van der Waals surface area contributed by atoms with Crippen molar-refractivity contribution >= 4 is 28.1 Å². The van der Waals surface area contributed by atoms with Crippen LogP contribution in [0.3, 0.4) is 0 Å². The number of hydrogen-bond donors (Lipinski definition) is 1. The SMILES string of the molecule is Cc1cc(OCC(=O)N/N=C/c2ccncc2)c(C(C)C)cc1Br. The summed E-state index contributed by atoms with van der Waals surface area (Å²) < 4.78 is 6.71. The van der Waals surface area contributed by atoms with Gasteiger partial charge in [-0.05, 0) is 53.8 Å². The molecule has 1 aromatic heterocycles. The molecule has 2 aromatic rings. The summed E-state index contributed by atoms with van der Waals surface area (Å²) in [5.41, 5.74) is 5.43. The Morgan fingerprint density at radius 1 is 1.38 bits per heavy atom. The first-order valence-electron chi connectivity index (χ1n) is 7.62. The molecule has 1 aromatic carbocycles. The highest BCUT2D eigenvalue weighted by Crippen LogP contribution is 2.32. The van der Waals surface area contributed by atoms with Crippen LogP contribution in [0.2, 0.25) is 0 Å². The second-order valence-corrected chi connectivity index (χ2v) is 6.51. The Morgan fingerprint density at radius 2 is 2.08 bits per heavy atom. The van der Waals surface area contributed by atoms with Gasteiger partial charge < -0.3 is 4.74 Å². The van der Waals surface area contributed by atoms with Crippen LogP contribution in [-0.4, -0.2) is 23.7 Å². The highest BCUT2D eigenvalue weighted by Gasteiger charge is 2.12. The quantitative estimate of drug-likeness (QED) is 0.603. The lowest BCUT2D eigenvalue weighted by Gasteiger charge is -2.15. The zero-order valence-electron chi connectivity index (χ0n) is 13.9. The van der Waals surface area contributed by atoms with E-state index in [4.69, 9.17) is 4.74 Å². The molecular weight excluding hydrogens is 370 g/mol. The average Bonchev–Trinajstić information content (AvgIpc) is 2.56. The third-order valence-electron chi connectivity index (χ3n) is 3.38. The van der Waals surface area contributed by atoms with Crippen LogP contribution in [0.5, 0.6) is 5.75 Å². The minimum atomic E-state index is -0.310. The normalized spacial score (nSPS) is 11.0. The number of hydrogen-bond acceptors (Lipinski definition) is 4. The average molecular weight is 390 g/mol. The molecule has 0 saturated heterocycles. The molecule has 126 valence electrons. The van der Waals surface area contributed by atoms with Gasteiger partial charge in [-0.1, -0.05) is 29.8 Å². The van der Waals surface area contributed by atoms with Gasteiger partial charge in [-0.25, -0.2) is 5.43 Å². The predicted octanol–water partition coefficient (Wildman–Crippen LogP) is 3.81. The van der Waals surface area contributed by atoms with Crippen molar-refractivity contribution in [2.24, 2.45) is 5.10 Å². The summed E-state index contributed by atoms with van der Waals surface area (Å²) in [6.45, 7) is 6.07. The fourth-order valence-electron chi connectivity index (χ4n) is 2.05. The van der Waals surface area contributed by atoms with Crippen LogP contribution in [0.25, 0.3) is 0 Å². The molecule has 0 atom stereocenters. The van der Waals surface area contributed by atoms with Gasteiger partial charge in [-0.2, -0.15) is 5.10 Å². The van der Waals surface area contributed by atoms with Crippen LogP contribution < -0.4 is 10.2 Å². The first kappa shape index (κ1) is 18.1. The number of halogens is 1. The minimum absolute atomic E-state index is 0.0888. The van der Waals surface area contributed by atoms with E-state index in [1.54, 1.807) is 30.7 Å². The number of pyridine rings is 1. The molecule has 0 radical (unpaired) electrons. The fraction of sp³-hybridized carbons (Fsp3) is 0.278. The van der Waals surface area contributed by atoms with Crippen molar-refractivity contribution in [1.82, 2.24) is 10.4 Å². The van der Waals surface area contributed by atoms with E-state index >= 15 is 0 Å². The number of amides is 1. The maximum atomic E-state index is 11.9. The van der Waals surface area contributed by atoms with Crippen molar-refractivity contribution in [3.05, 3.63) is 57.8 Å². The number of aromatic nitrogens is 1. The van der Waals surface area contributed by atoms with E-state index < -0.39 is 0 Å². The van der Waals surface area contributed by atoms with Crippen molar-refractivity contribution in [2.45, 2.75) is 26.7 Å². The third-order valence-corrected chi connectivity index (χ3v) is 4.24. The van der Waals surface area contributed by atoms with Gasteiger partial charge in [0.05, 0.1) is 6.21 Å². The number of hydrazone groups is 1. The van der Waals surface area contributed by atoms with Crippen LogP contribution in [0.4, 0.5) is 0 Å². The first-order valence-corrected chi connectivity index (χ1v) is 8.41. The molecule has 0 fully saturated rings. The van der Waals surface area contributed by atoms with Gasteiger partial charge in [0, 0.05) is 16.9 Å². The van der Waals surface area contributed by atoms with Gasteiger partial charge >= 0.3 is 0 Å². The number of carbonyl (C=O) groups is 1. The van der Waals surface area contributed by atoms with Crippen LogP contribution >= 0.6 is 15.9 Å². The number of benzene rings is 1. The van der Waals surface area contributed by atoms with Gasteiger partial charge in [-0.15, -0.1) is 0 Å². The molecule has 0 saturated carbocycles. The molecule has 6 heteroatoms. The highest BCUT2D eigenvalue weighted by molar-refractivity contribution is 9.10. The highest BCUT2D eigenvalue weighted by atomic mass is 79.9. The maximum absolute atomic E-state index is 11.9. The number of nitrogens with zero attached hydrogens (tertiary/aromatic N) is 2. The van der Waals surface area contributed by atoms with Gasteiger partial charge in [-0.3, -0.25) is 9.78 Å². The van der Waals surface area contributed by atoms with Crippen molar-refractivity contribution in [2.75, 3.05) is 6.61 Å². The van der Waals surface area contributed by atoms with E-state index in [1.165, 1.54) is 0 Å². The van der Waals surface area contributed by atoms with Gasteiger partial charge in [0.2, 0.25) is 0 Å². The molecule has 2 rings (SSSR count). The molecule has 0 aliphatic rings. The van der Waals surface area contributed by atoms with Gasteiger partial charge in [0.15, 0.2) is 6.61 Å². The summed E-state index contributed by atoms with van der Waals surface area (Å²) in [7, 11) is 0. The first-order chi connectivity index (χ1) is 11.5. The second-order valence-electron chi connectivity index (χ2n) is 5.66. The summed E-state index contributed by atoms with van der Waals surface area (Å²) in [5, 5.41) is 3.90. The molecule has 0 spiro atoms.